The molecule has 0 aliphatic heterocycles. The Morgan fingerprint density at radius 1 is 1.08 bits per heavy atom. The molecule has 2 rings (SSSR count). The van der Waals surface area contributed by atoms with Crippen LogP contribution in [0.1, 0.15) is 22.3 Å². The Morgan fingerprint density at radius 2 is 1.72 bits per heavy atom. The summed E-state index contributed by atoms with van der Waals surface area (Å²) in [7, 11) is 0. The molecular formula is C20H20BrN3O. The Labute approximate surface area is 156 Å². The molecule has 0 fully saturated rings. The molecule has 1 amide bonds. The Kier molecular flexibility index (Phi) is 6.00. The van der Waals surface area contributed by atoms with Crippen LogP contribution in [-0.4, -0.2) is 5.91 Å². The Morgan fingerprint density at radius 3 is 2.28 bits per heavy atom. The molecule has 5 heteroatoms. The number of nitrogens with zero attached hydrogens (tertiary/aromatic N) is 1. The fourth-order valence-electron chi connectivity index (χ4n) is 2.65. The summed E-state index contributed by atoms with van der Waals surface area (Å²) in [5.74, 6) is -0.431. The molecule has 2 aromatic carbocycles. The number of amides is 1. The van der Waals surface area contributed by atoms with Crippen LogP contribution in [0.15, 0.2) is 46.6 Å². The number of nitriles is 1. The van der Waals surface area contributed by atoms with Crippen LogP contribution < -0.4 is 10.6 Å². The number of aryl methyl sites for hydroxylation is 4. The zero-order valence-corrected chi connectivity index (χ0v) is 16.3. The lowest BCUT2D eigenvalue weighted by atomic mass is 10.0. The number of halogens is 1. The lowest BCUT2D eigenvalue weighted by molar-refractivity contribution is -0.112. The third-order valence-electron chi connectivity index (χ3n) is 3.84. The number of hydrogen-bond acceptors (Lipinski definition) is 3. The summed E-state index contributed by atoms with van der Waals surface area (Å²) in [6.07, 6.45) is 1.43. The summed E-state index contributed by atoms with van der Waals surface area (Å²) in [5.41, 5.74) is 5.69. The third-order valence-corrected chi connectivity index (χ3v) is 4.33. The first-order valence-electron chi connectivity index (χ1n) is 7.84. The van der Waals surface area contributed by atoms with Gasteiger partial charge in [0.2, 0.25) is 0 Å². The van der Waals surface area contributed by atoms with Crippen molar-refractivity contribution < 1.29 is 4.79 Å². The number of anilines is 2. The van der Waals surface area contributed by atoms with Crippen molar-refractivity contribution in [3.63, 3.8) is 0 Å². The van der Waals surface area contributed by atoms with Crippen LogP contribution in [0.5, 0.6) is 0 Å². The molecule has 0 saturated heterocycles. The van der Waals surface area contributed by atoms with E-state index >= 15 is 0 Å². The number of nitrogens with one attached hydrogen (secondary N) is 2. The molecule has 0 atom stereocenters. The molecule has 0 bridgehead atoms. The van der Waals surface area contributed by atoms with Crippen molar-refractivity contribution in [2.24, 2.45) is 0 Å². The van der Waals surface area contributed by atoms with Gasteiger partial charge in [-0.3, -0.25) is 4.79 Å². The Hall–Kier alpha value is -2.58. The van der Waals surface area contributed by atoms with E-state index in [1.807, 2.05) is 64.1 Å². The van der Waals surface area contributed by atoms with E-state index in [-0.39, 0.29) is 5.57 Å². The standard InChI is InChI=1S/C20H20BrN3O/c1-12-7-14(3)19(15(4)8-12)24-20(25)16(10-22)11-23-18-6-5-17(21)9-13(18)2/h5-9,11,23H,1-4H3,(H,24,25)/b16-11-. The summed E-state index contributed by atoms with van der Waals surface area (Å²) in [4.78, 5) is 12.4. The fourth-order valence-corrected chi connectivity index (χ4v) is 3.12. The number of carbonyl (C=O) groups is 1. The highest BCUT2D eigenvalue weighted by Crippen LogP contribution is 2.23. The van der Waals surface area contributed by atoms with E-state index in [0.717, 1.165) is 38.1 Å². The van der Waals surface area contributed by atoms with Crippen molar-refractivity contribution in [2.45, 2.75) is 27.7 Å². The first-order valence-corrected chi connectivity index (χ1v) is 8.63. The summed E-state index contributed by atoms with van der Waals surface area (Å²) in [6, 6.07) is 11.7. The van der Waals surface area contributed by atoms with Gasteiger partial charge < -0.3 is 10.6 Å². The second-order valence-electron chi connectivity index (χ2n) is 6.00. The molecule has 0 aliphatic rings. The van der Waals surface area contributed by atoms with Gasteiger partial charge in [0.05, 0.1) is 0 Å². The molecule has 4 nitrogen and oxygen atoms in total. The van der Waals surface area contributed by atoms with Crippen LogP contribution >= 0.6 is 15.9 Å². The highest BCUT2D eigenvalue weighted by atomic mass is 79.9. The zero-order valence-electron chi connectivity index (χ0n) is 14.7. The topological polar surface area (TPSA) is 64.9 Å². The van der Waals surface area contributed by atoms with Crippen LogP contribution in [-0.2, 0) is 4.79 Å². The molecule has 0 aliphatic carbocycles. The Bertz CT molecular complexity index is 871. The van der Waals surface area contributed by atoms with Crippen molar-refractivity contribution in [1.82, 2.24) is 0 Å². The minimum atomic E-state index is -0.431. The predicted octanol–water partition coefficient (Wildman–Crippen LogP) is 5.14. The van der Waals surface area contributed by atoms with E-state index in [4.69, 9.17) is 0 Å². The van der Waals surface area contributed by atoms with Crippen LogP contribution in [0.2, 0.25) is 0 Å². The molecule has 0 aromatic heterocycles. The van der Waals surface area contributed by atoms with Gasteiger partial charge in [-0.05, 0) is 62.6 Å². The quantitative estimate of drug-likeness (QED) is 0.554. The predicted molar refractivity (Wildman–Crippen MR) is 105 cm³/mol. The van der Waals surface area contributed by atoms with E-state index in [2.05, 4.69) is 26.6 Å². The van der Waals surface area contributed by atoms with Crippen LogP contribution in [0.4, 0.5) is 11.4 Å². The first-order chi connectivity index (χ1) is 11.8. The monoisotopic (exact) mass is 397 g/mol. The fraction of sp³-hybridized carbons (Fsp3) is 0.200. The lowest BCUT2D eigenvalue weighted by Crippen LogP contribution is -2.16. The molecule has 0 radical (unpaired) electrons. The maximum Gasteiger partial charge on any atom is 0.267 e. The maximum atomic E-state index is 12.4. The van der Waals surface area contributed by atoms with Gasteiger partial charge in [0.15, 0.2) is 0 Å². The number of benzene rings is 2. The molecular weight excluding hydrogens is 378 g/mol. The average molecular weight is 398 g/mol. The van der Waals surface area contributed by atoms with Crippen molar-refractivity contribution >= 4 is 33.2 Å². The van der Waals surface area contributed by atoms with Crippen LogP contribution in [0.25, 0.3) is 0 Å². The lowest BCUT2D eigenvalue weighted by Gasteiger charge is -2.12. The van der Waals surface area contributed by atoms with Gasteiger partial charge in [-0.15, -0.1) is 0 Å². The smallest absolute Gasteiger partial charge is 0.267 e. The normalized spacial score (nSPS) is 11.0. The number of rotatable bonds is 4. The van der Waals surface area contributed by atoms with Crippen molar-refractivity contribution in [3.05, 3.63) is 68.8 Å². The summed E-state index contributed by atoms with van der Waals surface area (Å²) < 4.78 is 0.975. The second kappa shape index (κ2) is 8.00. The van der Waals surface area contributed by atoms with Gasteiger partial charge in [-0.25, -0.2) is 0 Å². The first kappa shape index (κ1) is 18.8. The largest absolute Gasteiger partial charge is 0.360 e. The van der Waals surface area contributed by atoms with Gasteiger partial charge in [0.25, 0.3) is 5.91 Å². The van der Waals surface area contributed by atoms with Crippen LogP contribution in [0.3, 0.4) is 0 Å². The highest BCUT2D eigenvalue weighted by molar-refractivity contribution is 9.10. The summed E-state index contributed by atoms with van der Waals surface area (Å²) in [5, 5.41) is 15.2. The van der Waals surface area contributed by atoms with Gasteiger partial charge >= 0.3 is 0 Å². The molecule has 2 aromatic rings. The van der Waals surface area contributed by atoms with Crippen molar-refractivity contribution in [2.75, 3.05) is 10.6 Å². The Balaban J connectivity index is 2.20. The van der Waals surface area contributed by atoms with E-state index in [1.54, 1.807) is 0 Å². The molecule has 0 unspecified atom stereocenters. The highest BCUT2D eigenvalue weighted by Gasteiger charge is 2.13. The van der Waals surface area contributed by atoms with Crippen LogP contribution in [0, 0.1) is 39.0 Å². The van der Waals surface area contributed by atoms with E-state index in [9.17, 15) is 10.1 Å². The molecule has 0 heterocycles. The maximum absolute atomic E-state index is 12.4. The molecule has 128 valence electrons. The van der Waals surface area contributed by atoms with E-state index < -0.39 is 5.91 Å². The van der Waals surface area contributed by atoms with Gasteiger partial charge in [0, 0.05) is 22.0 Å². The number of carbonyl (C=O) groups excluding carboxylic acids is 1. The summed E-state index contributed by atoms with van der Waals surface area (Å²) in [6.45, 7) is 7.84. The third kappa shape index (κ3) is 4.71. The zero-order chi connectivity index (χ0) is 18.6. The molecule has 2 N–H and O–H groups in total. The SMILES string of the molecule is Cc1cc(C)c(NC(=O)/C(C#N)=C\Nc2ccc(Br)cc2C)c(C)c1. The van der Waals surface area contributed by atoms with Crippen molar-refractivity contribution in [3.8, 4) is 6.07 Å². The second-order valence-corrected chi connectivity index (χ2v) is 6.92. The molecule has 25 heavy (non-hydrogen) atoms. The van der Waals surface area contributed by atoms with Gasteiger partial charge in [-0.2, -0.15) is 5.26 Å². The van der Waals surface area contributed by atoms with Crippen molar-refractivity contribution in [1.29, 1.82) is 5.26 Å². The summed E-state index contributed by atoms with van der Waals surface area (Å²) >= 11 is 3.41. The minimum Gasteiger partial charge on any atom is -0.360 e. The van der Waals surface area contributed by atoms with E-state index in [1.165, 1.54) is 6.20 Å². The molecule has 0 spiro atoms. The average Bonchev–Trinajstić information content (AvgIpc) is 2.53. The number of hydrogen-bond donors (Lipinski definition) is 2. The van der Waals surface area contributed by atoms with Gasteiger partial charge in [0.1, 0.15) is 11.6 Å². The molecule has 0 saturated carbocycles. The minimum absolute atomic E-state index is 0.0155. The van der Waals surface area contributed by atoms with Gasteiger partial charge in [-0.1, -0.05) is 33.6 Å². The van der Waals surface area contributed by atoms with E-state index in [0.29, 0.717) is 0 Å².